The first-order valence-electron chi connectivity index (χ1n) is 12.6. The fourth-order valence-electron chi connectivity index (χ4n) is 5.84. The number of aromatic nitrogens is 1. The molecule has 1 fully saturated rings. The van der Waals surface area contributed by atoms with Gasteiger partial charge in [-0.3, -0.25) is 0 Å². The molecule has 5 aromatic rings. The second-order valence-electron chi connectivity index (χ2n) is 10.1. The Morgan fingerprint density at radius 3 is 2.29 bits per heavy atom. The number of furan rings is 1. The van der Waals surface area contributed by atoms with Crippen LogP contribution in [-0.2, 0) is 7.05 Å². The van der Waals surface area contributed by atoms with Gasteiger partial charge >= 0.3 is 0 Å². The smallest absolute Gasteiger partial charge is 0.213 e. The van der Waals surface area contributed by atoms with Gasteiger partial charge in [-0.1, -0.05) is 55.7 Å². The SMILES string of the molecule is Cc1ccc2c(c1)oc1cc(-c3cc(-c4ccccc4C)[n+](C)cc3C3CCCCC3)ccc12. The molecule has 0 unspecified atom stereocenters. The molecule has 170 valence electrons. The van der Waals surface area contributed by atoms with Crippen molar-refractivity contribution in [1.29, 1.82) is 0 Å². The molecule has 0 amide bonds. The third-order valence-corrected chi connectivity index (χ3v) is 7.71. The van der Waals surface area contributed by atoms with Crippen LogP contribution in [-0.4, -0.2) is 0 Å². The Hall–Kier alpha value is -3.39. The maximum Gasteiger partial charge on any atom is 0.213 e. The molecular weight excluding hydrogens is 414 g/mol. The number of aryl methyl sites for hydroxylation is 3. The molecule has 0 radical (unpaired) electrons. The molecule has 1 aliphatic rings. The molecule has 34 heavy (non-hydrogen) atoms. The maximum atomic E-state index is 6.33. The Balaban J connectivity index is 1.57. The van der Waals surface area contributed by atoms with Gasteiger partial charge in [0.15, 0.2) is 6.20 Å². The Bertz CT molecular complexity index is 1520. The van der Waals surface area contributed by atoms with Crippen LogP contribution < -0.4 is 4.57 Å². The monoisotopic (exact) mass is 446 g/mol. The number of fused-ring (bicyclic) bond motifs is 3. The van der Waals surface area contributed by atoms with E-state index in [1.807, 2.05) is 0 Å². The molecule has 1 saturated carbocycles. The molecule has 0 saturated heterocycles. The van der Waals surface area contributed by atoms with Gasteiger partial charge in [-0.15, -0.1) is 0 Å². The van der Waals surface area contributed by atoms with Crippen molar-refractivity contribution in [2.45, 2.75) is 51.9 Å². The first kappa shape index (κ1) is 21.2. The summed E-state index contributed by atoms with van der Waals surface area (Å²) in [5, 5.41) is 2.39. The highest BCUT2D eigenvalue weighted by atomic mass is 16.3. The van der Waals surface area contributed by atoms with Crippen molar-refractivity contribution in [2.24, 2.45) is 7.05 Å². The van der Waals surface area contributed by atoms with Crippen LogP contribution in [0.2, 0.25) is 0 Å². The average Bonchev–Trinajstić information content (AvgIpc) is 3.21. The topological polar surface area (TPSA) is 17.0 Å². The average molecular weight is 447 g/mol. The molecule has 2 nitrogen and oxygen atoms in total. The van der Waals surface area contributed by atoms with Gasteiger partial charge < -0.3 is 4.42 Å². The highest BCUT2D eigenvalue weighted by molar-refractivity contribution is 6.06. The van der Waals surface area contributed by atoms with Crippen molar-refractivity contribution < 1.29 is 8.98 Å². The molecule has 0 bridgehead atoms. The summed E-state index contributed by atoms with van der Waals surface area (Å²) in [6, 6.07) is 24.4. The van der Waals surface area contributed by atoms with Crippen LogP contribution in [0.4, 0.5) is 0 Å². The summed E-state index contributed by atoms with van der Waals surface area (Å²) in [6.45, 7) is 4.32. The van der Waals surface area contributed by atoms with E-state index in [1.54, 1.807) is 0 Å². The second kappa shape index (κ2) is 8.43. The number of benzene rings is 3. The van der Waals surface area contributed by atoms with E-state index in [2.05, 4.69) is 98.4 Å². The number of hydrogen-bond acceptors (Lipinski definition) is 1. The first-order chi connectivity index (χ1) is 16.6. The Kier molecular flexibility index (Phi) is 5.25. The summed E-state index contributed by atoms with van der Waals surface area (Å²) >= 11 is 0. The zero-order valence-electron chi connectivity index (χ0n) is 20.4. The van der Waals surface area contributed by atoms with E-state index in [1.165, 1.54) is 82.0 Å². The van der Waals surface area contributed by atoms with Crippen LogP contribution in [0.1, 0.15) is 54.7 Å². The van der Waals surface area contributed by atoms with E-state index in [9.17, 15) is 0 Å². The molecule has 0 atom stereocenters. The Morgan fingerprint density at radius 1 is 0.765 bits per heavy atom. The molecule has 2 aromatic heterocycles. The van der Waals surface area contributed by atoms with Gasteiger partial charge in [0, 0.05) is 28.0 Å². The maximum absolute atomic E-state index is 6.33. The number of hydrogen-bond donors (Lipinski definition) is 0. The van der Waals surface area contributed by atoms with Crippen molar-refractivity contribution in [3.8, 4) is 22.4 Å². The molecule has 2 heterocycles. The van der Waals surface area contributed by atoms with Gasteiger partial charge in [-0.2, -0.15) is 0 Å². The number of rotatable bonds is 3. The van der Waals surface area contributed by atoms with Crippen LogP contribution in [0.3, 0.4) is 0 Å². The van der Waals surface area contributed by atoms with E-state index in [-0.39, 0.29) is 0 Å². The normalized spacial score (nSPS) is 14.8. The van der Waals surface area contributed by atoms with E-state index in [0.717, 1.165) is 11.2 Å². The van der Waals surface area contributed by atoms with Crippen LogP contribution in [0.15, 0.2) is 77.3 Å². The summed E-state index contributed by atoms with van der Waals surface area (Å²) < 4.78 is 8.66. The summed E-state index contributed by atoms with van der Waals surface area (Å²) in [6.07, 6.45) is 8.99. The summed E-state index contributed by atoms with van der Waals surface area (Å²) in [5.74, 6) is 0.620. The molecule has 0 N–H and O–H groups in total. The molecule has 0 aliphatic heterocycles. The fraction of sp³-hybridized carbons (Fsp3) is 0.281. The minimum atomic E-state index is 0.620. The fourth-order valence-corrected chi connectivity index (χ4v) is 5.84. The van der Waals surface area contributed by atoms with E-state index < -0.39 is 0 Å². The number of pyridine rings is 1. The van der Waals surface area contributed by atoms with Crippen LogP contribution in [0.25, 0.3) is 44.3 Å². The molecule has 0 spiro atoms. The van der Waals surface area contributed by atoms with E-state index in [0.29, 0.717) is 5.92 Å². The predicted molar refractivity (Wildman–Crippen MR) is 141 cm³/mol. The lowest BCUT2D eigenvalue weighted by atomic mass is 9.81. The molecule has 2 heteroatoms. The zero-order valence-corrected chi connectivity index (χ0v) is 20.4. The quantitative estimate of drug-likeness (QED) is 0.254. The highest BCUT2D eigenvalue weighted by Crippen LogP contribution is 2.40. The van der Waals surface area contributed by atoms with E-state index in [4.69, 9.17) is 4.42 Å². The molecule has 6 rings (SSSR count). The van der Waals surface area contributed by atoms with Gasteiger partial charge in [0.2, 0.25) is 5.69 Å². The number of nitrogens with zero attached hydrogens (tertiary/aromatic N) is 1. The lowest BCUT2D eigenvalue weighted by molar-refractivity contribution is -0.660. The highest BCUT2D eigenvalue weighted by Gasteiger charge is 2.25. The van der Waals surface area contributed by atoms with Crippen molar-refractivity contribution in [2.75, 3.05) is 0 Å². The Labute approximate surface area is 201 Å². The van der Waals surface area contributed by atoms with Crippen molar-refractivity contribution in [3.63, 3.8) is 0 Å². The summed E-state index contributed by atoms with van der Waals surface area (Å²) in [5.41, 5.74) is 11.1. The van der Waals surface area contributed by atoms with Gasteiger partial charge in [0.25, 0.3) is 0 Å². The minimum absolute atomic E-state index is 0.620. The zero-order chi connectivity index (χ0) is 23.2. The molecule has 1 aliphatic carbocycles. The van der Waals surface area contributed by atoms with Gasteiger partial charge in [-0.05, 0) is 79.1 Å². The minimum Gasteiger partial charge on any atom is -0.456 e. The van der Waals surface area contributed by atoms with Crippen molar-refractivity contribution in [1.82, 2.24) is 0 Å². The predicted octanol–water partition coefficient (Wildman–Crippen LogP) is 8.41. The Morgan fingerprint density at radius 2 is 1.50 bits per heavy atom. The van der Waals surface area contributed by atoms with Gasteiger partial charge in [-0.25, -0.2) is 4.57 Å². The van der Waals surface area contributed by atoms with Gasteiger partial charge in [0.1, 0.15) is 18.2 Å². The summed E-state index contributed by atoms with van der Waals surface area (Å²) in [7, 11) is 2.20. The van der Waals surface area contributed by atoms with Crippen LogP contribution >= 0.6 is 0 Å². The third kappa shape index (κ3) is 3.62. The lowest BCUT2D eigenvalue weighted by Crippen LogP contribution is -2.32. The van der Waals surface area contributed by atoms with Crippen molar-refractivity contribution >= 4 is 21.9 Å². The van der Waals surface area contributed by atoms with E-state index >= 15 is 0 Å². The summed E-state index contributed by atoms with van der Waals surface area (Å²) in [4.78, 5) is 0. The van der Waals surface area contributed by atoms with Crippen molar-refractivity contribution in [3.05, 3.63) is 89.6 Å². The largest absolute Gasteiger partial charge is 0.456 e. The van der Waals surface area contributed by atoms with Crippen LogP contribution in [0, 0.1) is 13.8 Å². The standard InChI is InChI=1S/C32H32NO/c1-21-13-15-26-27-16-14-24(18-32(27)34-31(26)17-21)28-19-30(25-12-8-7-9-22(25)2)33(3)20-29(28)23-10-5-4-6-11-23/h7-9,12-20,23H,4-6,10-11H2,1-3H3/q+1. The first-order valence-corrected chi connectivity index (χ1v) is 12.6. The molecule has 3 aromatic carbocycles. The van der Waals surface area contributed by atoms with Crippen LogP contribution in [0.5, 0.6) is 0 Å². The lowest BCUT2D eigenvalue weighted by Gasteiger charge is -2.24. The second-order valence-corrected chi connectivity index (χ2v) is 10.1. The van der Waals surface area contributed by atoms with Gasteiger partial charge in [0.05, 0.1) is 0 Å². The molecular formula is C32H32NO+. The third-order valence-electron chi connectivity index (χ3n) is 7.71.